The number of aldehydes is 1. The van der Waals surface area contributed by atoms with Gasteiger partial charge in [-0.1, -0.05) is 26.7 Å². The highest BCUT2D eigenvalue weighted by molar-refractivity contribution is 7.99. The number of carbonyl (C=O) groups excluding carboxylic acids is 1. The lowest BCUT2D eigenvalue weighted by molar-refractivity contribution is -0.106. The van der Waals surface area contributed by atoms with Crippen molar-refractivity contribution in [2.75, 3.05) is 23.0 Å². The molecule has 3 rings (SSSR count). The minimum atomic E-state index is -0.956. The van der Waals surface area contributed by atoms with Crippen LogP contribution in [0.5, 0.6) is 5.75 Å². The summed E-state index contributed by atoms with van der Waals surface area (Å²) in [5.41, 5.74) is 1.98. The van der Waals surface area contributed by atoms with E-state index < -0.39 is 5.83 Å². The Labute approximate surface area is 191 Å². The number of halogens is 2. The number of unbranched alkanes of at least 4 members (excludes halogenated alkanes) is 1. The van der Waals surface area contributed by atoms with Gasteiger partial charge in [0.15, 0.2) is 12.1 Å². The van der Waals surface area contributed by atoms with Gasteiger partial charge in [-0.05, 0) is 54.5 Å². The number of carbonyl (C=O) groups is 1. The molecule has 0 bridgehead atoms. The molecule has 0 aromatic heterocycles. The van der Waals surface area contributed by atoms with Crippen molar-refractivity contribution in [3.05, 3.63) is 54.3 Å². The Kier molecular flexibility index (Phi) is 8.84. The van der Waals surface area contributed by atoms with E-state index in [0.29, 0.717) is 11.7 Å². The highest BCUT2D eigenvalue weighted by Gasteiger charge is 2.25. The molecule has 0 fully saturated rings. The second-order valence-corrected chi connectivity index (χ2v) is 9.71. The first-order chi connectivity index (χ1) is 15.0. The predicted octanol–water partition coefficient (Wildman–Crippen LogP) is 7.38. The van der Waals surface area contributed by atoms with Gasteiger partial charge in [0, 0.05) is 22.9 Å². The molecule has 2 aromatic carbocycles. The average Bonchev–Trinajstić information content (AvgIpc) is 2.96. The molecule has 1 heterocycles. The maximum absolute atomic E-state index is 13.6. The van der Waals surface area contributed by atoms with Crippen molar-refractivity contribution < 1.29 is 18.3 Å². The van der Waals surface area contributed by atoms with Crippen molar-refractivity contribution in [1.82, 2.24) is 0 Å². The van der Waals surface area contributed by atoms with E-state index in [1.165, 1.54) is 18.6 Å². The molecule has 0 aliphatic carbocycles. The number of nitrogens with zero attached hydrogens (tertiary/aromatic N) is 1. The molecule has 1 atom stereocenters. The third-order valence-corrected chi connectivity index (χ3v) is 7.24. The zero-order chi connectivity index (χ0) is 22.2. The van der Waals surface area contributed by atoms with Crippen LogP contribution in [0.3, 0.4) is 0 Å². The molecule has 31 heavy (non-hydrogen) atoms. The first-order valence-corrected chi connectivity index (χ1v) is 12.5. The number of ether oxygens (including phenoxy) is 1. The number of fused-ring (bicyclic) bond motifs is 1. The van der Waals surface area contributed by atoms with Crippen LogP contribution < -0.4 is 9.64 Å². The maximum Gasteiger partial charge on any atom is 0.197 e. The third-order valence-electron chi connectivity index (χ3n) is 5.05. The third kappa shape index (κ3) is 6.26. The largest absolute Gasteiger partial charge is 0.461 e. The van der Waals surface area contributed by atoms with Gasteiger partial charge in [-0.3, -0.25) is 4.79 Å². The van der Waals surface area contributed by atoms with Crippen LogP contribution in [-0.4, -0.2) is 24.3 Å². The molecule has 0 spiro atoms. The van der Waals surface area contributed by atoms with Gasteiger partial charge in [-0.15, -0.1) is 23.5 Å². The van der Waals surface area contributed by atoms with E-state index in [2.05, 4.69) is 17.9 Å². The fourth-order valence-electron chi connectivity index (χ4n) is 3.51. The summed E-state index contributed by atoms with van der Waals surface area (Å²) in [6.45, 7) is 5.08. The van der Waals surface area contributed by atoms with Gasteiger partial charge in [0.25, 0.3) is 0 Å². The van der Waals surface area contributed by atoms with Crippen LogP contribution in [0.2, 0.25) is 0 Å². The van der Waals surface area contributed by atoms with E-state index in [4.69, 9.17) is 4.74 Å². The Morgan fingerprint density at radius 2 is 2.06 bits per heavy atom. The summed E-state index contributed by atoms with van der Waals surface area (Å²) in [4.78, 5) is 14.7. The summed E-state index contributed by atoms with van der Waals surface area (Å²) in [5.74, 6) is 1.58. The summed E-state index contributed by atoms with van der Waals surface area (Å²) >= 11 is 3.36. The molecule has 1 aliphatic rings. The number of rotatable bonds is 9. The van der Waals surface area contributed by atoms with Gasteiger partial charge in [-0.2, -0.15) is 4.39 Å². The molecule has 166 valence electrons. The highest BCUT2D eigenvalue weighted by Crippen LogP contribution is 2.45. The Balaban J connectivity index is 2.04. The van der Waals surface area contributed by atoms with Crippen molar-refractivity contribution in [2.45, 2.75) is 42.9 Å². The van der Waals surface area contributed by atoms with E-state index in [9.17, 15) is 13.6 Å². The van der Waals surface area contributed by atoms with Crippen molar-refractivity contribution >= 4 is 41.2 Å². The topological polar surface area (TPSA) is 29.5 Å². The highest BCUT2D eigenvalue weighted by atomic mass is 32.2. The number of thioether (sulfide) groups is 2. The quantitative estimate of drug-likeness (QED) is 0.168. The molecule has 1 aliphatic heterocycles. The standard InChI is InChI=1S/C24H27F2NO2S2/c1-3-5-6-17-13-27(20-9-7-18(25)8-10-20)21-11-24(30-4-2)22(12-23(21)31-16-17)29-15-19(26)14-28/h7-12,14-15,17H,3-6,13,16H2,1-2H3/b19-15-. The van der Waals surface area contributed by atoms with E-state index in [-0.39, 0.29) is 12.1 Å². The Morgan fingerprint density at radius 1 is 1.29 bits per heavy atom. The number of hydrogen-bond donors (Lipinski definition) is 0. The van der Waals surface area contributed by atoms with Crippen LogP contribution in [0.4, 0.5) is 20.2 Å². The van der Waals surface area contributed by atoms with Gasteiger partial charge in [0.2, 0.25) is 0 Å². The first kappa shape index (κ1) is 23.7. The number of hydrogen-bond acceptors (Lipinski definition) is 5. The molecule has 7 heteroatoms. The van der Waals surface area contributed by atoms with Gasteiger partial charge in [0.05, 0.1) is 10.6 Å². The number of anilines is 2. The molecule has 0 amide bonds. The molecule has 0 saturated heterocycles. The molecule has 3 nitrogen and oxygen atoms in total. The van der Waals surface area contributed by atoms with Gasteiger partial charge < -0.3 is 9.64 Å². The lowest BCUT2D eigenvalue weighted by Gasteiger charge is -2.28. The molecule has 2 aromatic rings. The summed E-state index contributed by atoms with van der Waals surface area (Å²) in [6.07, 6.45) is 4.41. The van der Waals surface area contributed by atoms with Gasteiger partial charge >= 0.3 is 0 Å². The fraction of sp³-hybridized carbons (Fsp3) is 0.375. The minimum Gasteiger partial charge on any atom is -0.461 e. The molecular formula is C24H27F2NO2S2. The van der Waals surface area contributed by atoms with Crippen LogP contribution in [0, 0.1) is 11.7 Å². The summed E-state index contributed by atoms with van der Waals surface area (Å²) in [5, 5.41) is 0. The normalized spacial score (nSPS) is 16.6. The average molecular weight is 464 g/mol. The van der Waals surface area contributed by atoms with Crippen LogP contribution in [0.25, 0.3) is 0 Å². The predicted molar refractivity (Wildman–Crippen MR) is 126 cm³/mol. The van der Waals surface area contributed by atoms with Crippen molar-refractivity contribution in [2.24, 2.45) is 5.92 Å². The molecule has 0 radical (unpaired) electrons. The maximum atomic E-state index is 13.6. The Morgan fingerprint density at radius 3 is 2.74 bits per heavy atom. The molecular weight excluding hydrogens is 436 g/mol. The minimum absolute atomic E-state index is 0.124. The SMILES string of the molecule is CCCCC1CSc2cc(O/C=C(\F)C=O)c(SCC)cc2N(c2ccc(F)cc2)C1. The second kappa shape index (κ2) is 11.6. The fourth-order valence-corrected chi connectivity index (χ4v) is 5.46. The van der Waals surface area contributed by atoms with E-state index in [1.807, 2.05) is 25.1 Å². The van der Waals surface area contributed by atoms with E-state index in [1.54, 1.807) is 23.5 Å². The van der Waals surface area contributed by atoms with Crippen molar-refractivity contribution in [3.8, 4) is 5.75 Å². The Bertz CT molecular complexity index is 919. The zero-order valence-electron chi connectivity index (χ0n) is 17.8. The monoisotopic (exact) mass is 463 g/mol. The summed E-state index contributed by atoms with van der Waals surface area (Å²) in [6, 6.07) is 10.6. The van der Waals surface area contributed by atoms with Gasteiger partial charge in [-0.25, -0.2) is 4.39 Å². The van der Waals surface area contributed by atoms with Gasteiger partial charge in [0.1, 0.15) is 17.8 Å². The van der Waals surface area contributed by atoms with Crippen LogP contribution in [0.15, 0.2) is 58.3 Å². The van der Waals surface area contributed by atoms with E-state index >= 15 is 0 Å². The summed E-state index contributed by atoms with van der Waals surface area (Å²) in [7, 11) is 0. The number of allylic oxidation sites excluding steroid dienone is 1. The molecule has 0 N–H and O–H groups in total. The van der Waals surface area contributed by atoms with Crippen molar-refractivity contribution in [3.63, 3.8) is 0 Å². The smallest absolute Gasteiger partial charge is 0.197 e. The number of benzene rings is 2. The zero-order valence-corrected chi connectivity index (χ0v) is 19.4. The molecule has 1 unspecified atom stereocenters. The molecule has 0 saturated carbocycles. The Hall–Kier alpha value is -1.99. The van der Waals surface area contributed by atoms with Crippen LogP contribution in [0.1, 0.15) is 33.1 Å². The summed E-state index contributed by atoms with van der Waals surface area (Å²) < 4.78 is 32.4. The second-order valence-electron chi connectivity index (χ2n) is 7.34. The van der Waals surface area contributed by atoms with Crippen LogP contribution >= 0.6 is 23.5 Å². The van der Waals surface area contributed by atoms with Crippen molar-refractivity contribution in [1.29, 1.82) is 0 Å². The van der Waals surface area contributed by atoms with Crippen LogP contribution in [-0.2, 0) is 4.79 Å². The lowest BCUT2D eigenvalue weighted by atomic mass is 10.0. The first-order valence-electron chi connectivity index (χ1n) is 10.5. The lowest BCUT2D eigenvalue weighted by Crippen LogP contribution is -2.25. The van der Waals surface area contributed by atoms with E-state index in [0.717, 1.165) is 58.3 Å².